The molecular formula is C11H22N2O3. The van der Waals surface area contributed by atoms with Crippen molar-refractivity contribution in [3.8, 4) is 0 Å². The molecule has 94 valence electrons. The number of methoxy groups -OCH3 is 1. The van der Waals surface area contributed by atoms with Gasteiger partial charge in [-0.15, -0.1) is 0 Å². The van der Waals surface area contributed by atoms with Crippen LogP contribution in [0.5, 0.6) is 0 Å². The zero-order valence-corrected chi connectivity index (χ0v) is 10.7. The summed E-state index contributed by atoms with van der Waals surface area (Å²) in [6, 6.07) is 0. The molecule has 5 heteroatoms. The van der Waals surface area contributed by atoms with Gasteiger partial charge in [0.15, 0.2) is 0 Å². The molecule has 1 heterocycles. The Morgan fingerprint density at radius 2 is 1.75 bits per heavy atom. The Kier molecular flexibility index (Phi) is 4.56. The van der Waals surface area contributed by atoms with E-state index in [1.165, 1.54) is 0 Å². The van der Waals surface area contributed by atoms with Gasteiger partial charge in [0.05, 0.1) is 6.73 Å². The number of hydrogen-bond acceptors (Lipinski definition) is 4. The molecule has 0 radical (unpaired) electrons. The van der Waals surface area contributed by atoms with Gasteiger partial charge in [0, 0.05) is 33.3 Å². The summed E-state index contributed by atoms with van der Waals surface area (Å²) in [4.78, 5) is 15.6. The highest BCUT2D eigenvalue weighted by atomic mass is 16.6. The van der Waals surface area contributed by atoms with E-state index in [0.717, 1.165) is 13.1 Å². The molecule has 0 bridgehead atoms. The maximum absolute atomic E-state index is 11.7. The van der Waals surface area contributed by atoms with E-state index in [1.54, 1.807) is 12.0 Å². The molecule has 16 heavy (non-hydrogen) atoms. The number of hydrogen-bond donors (Lipinski definition) is 0. The molecule has 1 aliphatic rings. The lowest BCUT2D eigenvalue weighted by molar-refractivity contribution is -0.00275. The van der Waals surface area contributed by atoms with Gasteiger partial charge in [0.2, 0.25) is 0 Å². The van der Waals surface area contributed by atoms with Crippen molar-refractivity contribution in [1.82, 2.24) is 9.80 Å². The zero-order valence-electron chi connectivity index (χ0n) is 10.7. The molecule has 0 saturated carbocycles. The number of carbonyl (C=O) groups is 1. The van der Waals surface area contributed by atoms with Crippen molar-refractivity contribution in [2.75, 3.05) is 40.0 Å². The number of rotatable bonds is 2. The molecule has 0 N–H and O–H groups in total. The third kappa shape index (κ3) is 4.37. The van der Waals surface area contributed by atoms with E-state index < -0.39 is 5.60 Å². The summed E-state index contributed by atoms with van der Waals surface area (Å²) in [7, 11) is 1.68. The molecule has 1 amide bonds. The van der Waals surface area contributed by atoms with Crippen LogP contribution in [-0.2, 0) is 9.47 Å². The Morgan fingerprint density at radius 3 is 2.19 bits per heavy atom. The minimum absolute atomic E-state index is 0.218. The van der Waals surface area contributed by atoms with Crippen molar-refractivity contribution in [3.05, 3.63) is 0 Å². The molecule has 0 aromatic carbocycles. The van der Waals surface area contributed by atoms with Crippen LogP contribution in [-0.4, -0.2) is 61.5 Å². The summed E-state index contributed by atoms with van der Waals surface area (Å²) in [5.41, 5.74) is -0.416. The fourth-order valence-corrected chi connectivity index (χ4v) is 1.57. The lowest BCUT2D eigenvalue weighted by atomic mass is 10.2. The minimum atomic E-state index is -0.416. The molecule has 0 unspecified atom stereocenters. The Labute approximate surface area is 97.3 Å². The van der Waals surface area contributed by atoms with Gasteiger partial charge in [-0.1, -0.05) is 0 Å². The van der Waals surface area contributed by atoms with Gasteiger partial charge in [0.25, 0.3) is 0 Å². The number of carbonyl (C=O) groups excluding carboxylic acids is 1. The highest BCUT2D eigenvalue weighted by Gasteiger charge is 2.25. The monoisotopic (exact) mass is 230 g/mol. The number of ether oxygens (including phenoxy) is 2. The van der Waals surface area contributed by atoms with Crippen molar-refractivity contribution in [1.29, 1.82) is 0 Å². The van der Waals surface area contributed by atoms with Crippen molar-refractivity contribution in [3.63, 3.8) is 0 Å². The molecule has 1 rings (SSSR count). The van der Waals surface area contributed by atoms with E-state index in [4.69, 9.17) is 9.47 Å². The normalized spacial score (nSPS) is 18.6. The second-order valence-corrected chi connectivity index (χ2v) is 5.00. The van der Waals surface area contributed by atoms with Crippen LogP contribution in [0.3, 0.4) is 0 Å². The molecule has 1 saturated heterocycles. The molecule has 0 spiro atoms. The zero-order chi connectivity index (χ0) is 12.2. The fourth-order valence-electron chi connectivity index (χ4n) is 1.57. The van der Waals surface area contributed by atoms with Crippen LogP contribution in [0.15, 0.2) is 0 Å². The molecule has 5 nitrogen and oxygen atoms in total. The first-order valence-corrected chi connectivity index (χ1v) is 5.61. The van der Waals surface area contributed by atoms with Crippen molar-refractivity contribution in [2.24, 2.45) is 0 Å². The molecular weight excluding hydrogens is 208 g/mol. The predicted octanol–water partition coefficient (Wildman–Crippen LogP) is 1.14. The van der Waals surface area contributed by atoms with Crippen molar-refractivity contribution in [2.45, 2.75) is 26.4 Å². The standard InChI is InChI=1S/C11H22N2O3/c1-11(2,3)16-10(14)13-7-5-12(6-8-13)9-15-4/h5-9H2,1-4H3. The first-order valence-electron chi connectivity index (χ1n) is 5.61. The number of piperazine rings is 1. The maximum Gasteiger partial charge on any atom is 0.410 e. The second-order valence-electron chi connectivity index (χ2n) is 5.00. The maximum atomic E-state index is 11.7. The van der Waals surface area contributed by atoms with Gasteiger partial charge in [-0.05, 0) is 20.8 Å². The summed E-state index contributed by atoms with van der Waals surface area (Å²) < 4.78 is 10.4. The van der Waals surface area contributed by atoms with Crippen LogP contribution in [0, 0.1) is 0 Å². The average Bonchev–Trinajstić information content (AvgIpc) is 2.16. The molecule has 0 aromatic rings. The largest absolute Gasteiger partial charge is 0.444 e. The van der Waals surface area contributed by atoms with Gasteiger partial charge in [-0.2, -0.15) is 0 Å². The summed E-state index contributed by atoms with van der Waals surface area (Å²) in [6.07, 6.45) is -0.218. The van der Waals surface area contributed by atoms with Gasteiger partial charge in [0.1, 0.15) is 5.60 Å². The minimum Gasteiger partial charge on any atom is -0.444 e. The fraction of sp³-hybridized carbons (Fsp3) is 0.909. The number of nitrogens with zero attached hydrogens (tertiary/aromatic N) is 2. The molecule has 0 aromatic heterocycles. The first kappa shape index (κ1) is 13.3. The van der Waals surface area contributed by atoms with Gasteiger partial charge in [-0.3, -0.25) is 4.90 Å². The average molecular weight is 230 g/mol. The molecule has 1 aliphatic heterocycles. The first-order chi connectivity index (χ1) is 7.42. The Bertz CT molecular complexity index is 230. The van der Waals surface area contributed by atoms with E-state index in [2.05, 4.69) is 4.90 Å². The third-order valence-corrected chi connectivity index (χ3v) is 2.34. The van der Waals surface area contributed by atoms with Gasteiger partial charge in [-0.25, -0.2) is 4.79 Å². The van der Waals surface area contributed by atoms with E-state index in [-0.39, 0.29) is 6.09 Å². The smallest absolute Gasteiger partial charge is 0.410 e. The third-order valence-electron chi connectivity index (χ3n) is 2.34. The van der Waals surface area contributed by atoms with Crippen LogP contribution in [0.1, 0.15) is 20.8 Å². The summed E-state index contributed by atoms with van der Waals surface area (Å²) in [5, 5.41) is 0. The SMILES string of the molecule is COCN1CCN(C(=O)OC(C)(C)C)CC1. The molecule has 0 atom stereocenters. The van der Waals surface area contributed by atoms with Crippen molar-refractivity contribution < 1.29 is 14.3 Å². The van der Waals surface area contributed by atoms with Crippen molar-refractivity contribution >= 4 is 6.09 Å². The quantitative estimate of drug-likeness (QED) is 0.713. The van der Waals surface area contributed by atoms with E-state index in [9.17, 15) is 4.79 Å². The Hall–Kier alpha value is -0.810. The Morgan fingerprint density at radius 1 is 1.19 bits per heavy atom. The van der Waals surface area contributed by atoms with Crippen LogP contribution in [0.25, 0.3) is 0 Å². The summed E-state index contributed by atoms with van der Waals surface area (Å²) in [6.45, 7) is 9.36. The van der Waals surface area contributed by atoms with Crippen LogP contribution in [0.4, 0.5) is 4.79 Å². The predicted molar refractivity (Wildman–Crippen MR) is 61.3 cm³/mol. The van der Waals surface area contributed by atoms with Crippen LogP contribution >= 0.6 is 0 Å². The van der Waals surface area contributed by atoms with Gasteiger partial charge < -0.3 is 14.4 Å². The van der Waals surface area contributed by atoms with Crippen LogP contribution < -0.4 is 0 Å². The van der Waals surface area contributed by atoms with Crippen LogP contribution in [0.2, 0.25) is 0 Å². The molecule has 1 fully saturated rings. The van der Waals surface area contributed by atoms with E-state index in [0.29, 0.717) is 19.8 Å². The Balaban J connectivity index is 2.33. The summed E-state index contributed by atoms with van der Waals surface area (Å²) >= 11 is 0. The topological polar surface area (TPSA) is 42.0 Å². The summed E-state index contributed by atoms with van der Waals surface area (Å²) in [5.74, 6) is 0. The second kappa shape index (κ2) is 5.50. The highest BCUT2D eigenvalue weighted by molar-refractivity contribution is 5.68. The lowest BCUT2D eigenvalue weighted by Gasteiger charge is -2.35. The van der Waals surface area contributed by atoms with E-state index in [1.807, 2.05) is 20.8 Å². The highest BCUT2D eigenvalue weighted by Crippen LogP contribution is 2.11. The van der Waals surface area contributed by atoms with E-state index >= 15 is 0 Å². The lowest BCUT2D eigenvalue weighted by Crippen LogP contribution is -2.50. The number of amides is 1. The molecule has 0 aliphatic carbocycles. The van der Waals surface area contributed by atoms with Gasteiger partial charge >= 0.3 is 6.09 Å².